The van der Waals surface area contributed by atoms with Crippen molar-refractivity contribution in [2.75, 3.05) is 13.2 Å². The van der Waals surface area contributed by atoms with Gasteiger partial charge in [-0.25, -0.2) is 4.39 Å². The van der Waals surface area contributed by atoms with E-state index in [-0.39, 0.29) is 11.7 Å². The van der Waals surface area contributed by atoms with Gasteiger partial charge < -0.3 is 10.1 Å². The Hall–Kier alpha value is -0.680. The fourth-order valence-corrected chi connectivity index (χ4v) is 1.77. The molecule has 1 unspecified atom stereocenters. The van der Waals surface area contributed by atoms with E-state index in [1.54, 1.807) is 0 Å². The molecule has 102 valence electrons. The molecule has 1 rings (SSSR count). The van der Waals surface area contributed by atoms with Gasteiger partial charge in [0.25, 0.3) is 0 Å². The molecule has 0 spiro atoms. The highest BCUT2D eigenvalue weighted by Crippen LogP contribution is 2.25. The van der Waals surface area contributed by atoms with Crippen LogP contribution in [0.15, 0.2) is 16.6 Å². The summed E-state index contributed by atoms with van der Waals surface area (Å²) in [5.74, 6) is -1.69. The summed E-state index contributed by atoms with van der Waals surface area (Å²) >= 11 is 3.10. The lowest BCUT2D eigenvalue weighted by Gasteiger charge is -2.16. The van der Waals surface area contributed by atoms with Crippen LogP contribution in [0.5, 0.6) is 5.75 Å². The number of nitrogens with one attached hydrogen (secondary N) is 1. The second kappa shape index (κ2) is 7.04. The predicted octanol–water partition coefficient (Wildman–Crippen LogP) is 3.74. The average molecular weight is 322 g/mol. The molecular weight excluding hydrogens is 304 g/mol. The second-order valence-electron chi connectivity index (χ2n) is 4.68. The molecule has 0 bridgehead atoms. The highest BCUT2D eigenvalue weighted by Gasteiger charge is 2.12. The summed E-state index contributed by atoms with van der Waals surface area (Å²) in [4.78, 5) is 0. The van der Waals surface area contributed by atoms with E-state index in [0.29, 0.717) is 17.1 Å². The third-order valence-electron chi connectivity index (χ3n) is 2.36. The van der Waals surface area contributed by atoms with Gasteiger partial charge in [0.05, 0.1) is 6.61 Å². The Kier molecular flexibility index (Phi) is 6.02. The monoisotopic (exact) mass is 321 g/mol. The van der Waals surface area contributed by atoms with Crippen molar-refractivity contribution >= 4 is 15.9 Å². The molecular formula is C13H18BrF2NO. The lowest BCUT2D eigenvalue weighted by atomic mass is 10.2. The fourth-order valence-electron chi connectivity index (χ4n) is 1.37. The number of rotatable bonds is 6. The van der Waals surface area contributed by atoms with Crippen LogP contribution in [-0.4, -0.2) is 19.2 Å². The maximum atomic E-state index is 13.4. The summed E-state index contributed by atoms with van der Waals surface area (Å²) < 4.78 is 32.3. The summed E-state index contributed by atoms with van der Waals surface area (Å²) in [5.41, 5.74) is 0. The maximum absolute atomic E-state index is 13.4. The van der Waals surface area contributed by atoms with Crippen molar-refractivity contribution in [1.82, 2.24) is 5.32 Å². The lowest BCUT2D eigenvalue weighted by Crippen LogP contribution is -2.30. The van der Waals surface area contributed by atoms with E-state index in [2.05, 4.69) is 35.1 Å². The number of benzene rings is 1. The molecule has 5 heteroatoms. The van der Waals surface area contributed by atoms with Crippen LogP contribution in [0, 0.1) is 17.6 Å². The number of ether oxygens (including phenoxy) is 1. The van der Waals surface area contributed by atoms with Crippen LogP contribution < -0.4 is 10.1 Å². The molecule has 1 atom stereocenters. The van der Waals surface area contributed by atoms with Crippen LogP contribution in [-0.2, 0) is 0 Å². The molecule has 0 aliphatic heterocycles. The minimum absolute atomic E-state index is 0.0572. The van der Waals surface area contributed by atoms with E-state index in [1.165, 1.54) is 6.07 Å². The zero-order chi connectivity index (χ0) is 13.7. The Balaban J connectivity index is 2.53. The van der Waals surface area contributed by atoms with Crippen LogP contribution in [0.3, 0.4) is 0 Å². The molecule has 0 aromatic heterocycles. The van der Waals surface area contributed by atoms with Gasteiger partial charge >= 0.3 is 0 Å². The first-order valence-corrected chi connectivity index (χ1v) is 6.70. The zero-order valence-corrected chi connectivity index (χ0v) is 12.4. The highest BCUT2D eigenvalue weighted by atomic mass is 79.9. The maximum Gasteiger partial charge on any atom is 0.200 e. The van der Waals surface area contributed by atoms with Crippen molar-refractivity contribution in [3.8, 4) is 5.75 Å². The van der Waals surface area contributed by atoms with Gasteiger partial charge in [0.15, 0.2) is 11.6 Å². The summed E-state index contributed by atoms with van der Waals surface area (Å²) in [6.45, 7) is 7.21. The molecule has 2 nitrogen and oxygen atoms in total. The molecule has 1 N–H and O–H groups in total. The Morgan fingerprint density at radius 1 is 1.28 bits per heavy atom. The molecule has 0 aliphatic rings. The van der Waals surface area contributed by atoms with E-state index in [1.807, 2.05) is 6.92 Å². The van der Waals surface area contributed by atoms with Gasteiger partial charge in [0.2, 0.25) is 5.82 Å². The fraction of sp³-hybridized carbons (Fsp3) is 0.538. The average Bonchev–Trinajstić information content (AvgIpc) is 2.29. The predicted molar refractivity (Wildman–Crippen MR) is 71.9 cm³/mol. The topological polar surface area (TPSA) is 21.3 Å². The van der Waals surface area contributed by atoms with E-state index >= 15 is 0 Å². The third-order valence-corrected chi connectivity index (χ3v) is 2.82. The van der Waals surface area contributed by atoms with E-state index in [4.69, 9.17) is 4.74 Å². The van der Waals surface area contributed by atoms with Crippen molar-refractivity contribution in [1.29, 1.82) is 0 Å². The minimum atomic E-state index is -0.942. The third kappa shape index (κ3) is 4.90. The first-order valence-electron chi connectivity index (χ1n) is 5.91. The van der Waals surface area contributed by atoms with Crippen molar-refractivity contribution < 1.29 is 13.5 Å². The SMILES string of the molecule is CC(CNC(C)C)COc1cc(Br)cc(F)c1F. The summed E-state index contributed by atoms with van der Waals surface area (Å²) in [6.07, 6.45) is 0. The van der Waals surface area contributed by atoms with E-state index in [9.17, 15) is 8.78 Å². The van der Waals surface area contributed by atoms with Crippen LogP contribution in [0.25, 0.3) is 0 Å². The second-order valence-corrected chi connectivity index (χ2v) is 5.59. The first-order chi connectivity index (χ1) is 8.40. The first kappa shape index (κ1) is 15.4. The summed E-state index contributed by atoms with van der Waals surface area (Å²) in [5, 5.41) is 3.26. The number of hydrogen-bond acceptors (Lipinski definition) is 2. The van der Waals surface area contributed by atoms with Crippen molar-refractivity contribution in [3.05, 3.63) is 28.2 Å². The van der Waals surface area contributed by atoms with Crippen molar-refractivity contribution in [2.45, 2.75) is 26.8 Å². The molecule has 0 fully saturated rings. The molecule has 0 saturated heterocycles. The largest absolute Gasteiger partial charge is 0.490 e. The smallest absolute Gasteiger partial charge is 0.200 e. The quantitative estimate of drug-likeness (QED) is 0.806. The van der Waals surface area contributed by atoms with E-state index in [0.717, 1.165) is 12.6 Å². The van der Waals surface area contributed by atoms with Gasteiger partial charge in [-0.2, -0.15) is 4.39 Å². The molecule has 18 heavy (non-hydrogen) atoms. The molecule has 0 amide bonds. The highest BCUT2D eigenvalue weighted by molar-refractivity contribution is 9.10. The Morgan fingerprint density at radius 3 is 2.56 bits per heavy atom. The van der Waals surface area contributed by atoms with Crippen LogP contribution >= 0.6 is 15.9 Å². The molecule has 1 aromatic rings. The number of hydrogen-bond donors (Lipinski definition) is 1. The Bertz CT molecular complexity index is 399. The summed E-state index contributed by atoms with van der Waals surface area (Å²) in [6, 6.07) is 2.90. The zero-order valence-electron chi connectivity index (χ0n) is 10.8. The molecule has 0 saturated carbocycles. The van der Waals surface area contributed by atoms with Gasteiger partial charge in [-0.1, -0.05) is 36.7 Å². The number of halogens is 3. The van der Waals surface area contributed by atoms with Crippen molar-refractivity contribution in [3.63, 3.8) is 0 Å². The van der Waals surface area contributed by atoms with Gasteiger partial charge in [0.1, 0.15) is 0 Å². The molecule has 0 heterocycles. The van der Waals surface area contributed by atoms with E-state index < -0.39 is 11.6 Å². The van der Waals surface area contributed by atoms with Crippen LogP contribution in [0.2, 0.25) is 0 Å². The standard InChI is InChI=1S/C13H18BrF2NO/c1-8(2)17-6-9(3)7-18-12-5-10(14)4-11(15)13(12)16/h4-5,8-9,17H,6-7H2,1-3H3. The van der Waals surface area contributed by atoms with Gasteiger partial charge in [0, 0.05) is 23.0 Å². The van der Waals surface area contributed by atoms with Crippen LogP contribution in [0.1, 0.15) is 20.8 Å². The minimum Gasteiger partial charge on any atom is -0.490 e. The lowest BCUT2D eigenvalue weighted by molar-refractivity contribution is 0.240. The van der Waals surface area contributed by atoms with Gasteiger partial charge in [-0.15, -0.1) is 0 Å². The Morgan fingerprint density at radius 2 is 1.94 bits per heavy atom. The molecule has 1 aromatic carbocycles. The molecule has 0 radical (unpaired) electrons. The normalized spacial score (nSPS) is 12.8. The summed E-state index contributed by atoms with van der Waals surface area (Å²) in [7, 11) is 0. The molecule has 0 aliphatic carbocycles. The van der Waals surface area contributed by atoms with Gasteiger partial charge in [-0.3, -0.25) is 0 Å². The van der Waals surface area contributed by atoms with Crippen LogP contribution in [0.4, 0.5) is 8.78 Å². The Labute approximate surface area is 115 Å². The van der Waals surface area contributed by atoms with Crippen molar-refractivity contribution in [2.24, 2.45) is 5.92 Å². The van der Waals surface area contributed by atoms with Gasteiger partial charge in [-0.05, 0) is 12.1 Å².